The van der Waals surface area contributed by atoms with Crippen molar-refractivity contribution in [2.45, 2.75) is 111 Å². The van der Waals surface area contributed by atoms with Crippen molar-refractivity contribution in [3.8, 4) is 89.7 Å². The summed E-state index contributed by atoms with van der Waals surface area (Å²) < 4.78 is 189. The van der Waals surface area contributed by atoms with E-state index in [-0.39, 0.29) is 28.4 Å². The molecule has 2 heterocycles. The van der Waals surface area contributed by atoms with E-state index in [9.17, 15) is 9.22 Å². The maximum atomic E-state index is 13.2. The highest BCUT2D eigenvalue weighted by Crippen LogP contribution is 2.47. The van der Waals surface area contributed by atoms with Crippen LogP contribution in [0, 0.1) is 6.85 Å². The monoisotopic (exact) mass is 1000 g/mol. The number of aryl methyl sites for hydroxylation is 1. The lowest BCUT2D eigenvalue weighted by atomic mass is 9.78. The van der Waals surface area contributed by atoms with E-state index in [1.54, 1.807) is 24.4 Å². The van der Waals surface area contributed by atoms with Crippen molar-refractivity contribution in [1.82, 2.24) is 14.5 Å². The van der Waals surface area contributed by atoms with Crippen LogP contribution in [0.5, 0.6) is 5.75 Å². The first-order valence-electron chi connectivity index (χ1n) is 35.3. The molecule has 0 aliphatic rings. The fourth-order valence-corrected chi connectivity index (χ4v) is 9.91. The van der Waals surface area contributed by atoms with Crippen molar-refractivity contribution in [1.29, 1.82) is 0 Å². The zero-order valence-electron chi connectivity index (χ0n) is 63.7. The van der Waals surface area contributed by atoms with Gasteiger partial charge < -0.3 is 5.11 Å². The molecule has 10 rings (SSSR count). The molecule has 0 radical (unpaired) electrons. The van der Waals surface area contributed by atoms with Crippen LogP contribution in [0.15, 0.2) is 188 Å². The summed E-state index contributed by atoms with van der Waals surface area (Å²) >= 11 is 0. The molecule has 376 valence electrons. The van der Waals surface area contributed by atoms with E-state index in [0.29, 0.717) is 39.6 Å². The average molecular weight is 1000 g/mol. The van der Waals surface area contributed by atoms with Crippen LogP contribution in [0.2, 0.25) is 0 Å². The molecule has 8 aromatic carbocycles. The lowest BCUT2D eigenvalue weighted by Crippen LogP contribution is -2.17. The second-order valence-electron chi connectivity index (χ2n) is 21.4. The first-order valence-corrected chi connectivity index (χ1v) is 24.8. The zero-order chi connectivity index (χ0) is 70.7. The number of pyridine rings is 1. The molecule has 10 aromatic rings. The number of hydrogen-bond donors (Lipinski definition) is 1. The van der Waals surface area contributed by atoms with Gasteiger partial charge in [-0.3, -0.25) is 9.55 Å². The standard InChI is InChI=1S/C71H71N3O/c1-45-38-51(64-56(49-24-18-15-19-25-49)26-20-28-59(64)70(8,9)10)34-35-62(45)74-63-29-21-27-57(65(63)73-67(74)58-43-55(69(5,6)7)44-60(66(58)75)71(11,12)13)52-39-53(41-54(40-52)68(2,3)4)61-42-50(36-37-72-61)48-32-30-47(31-33-48)46-22-16-14-17-23-46/h14-44,75H,1-13H3/i1D3,5D3,6D3,7D3,11D3,12D3,13D3. The molecule has 0 fully saturated rings. The molecule has 4 nitrogen and oxygen atoms in total. The summed E-state index contributed by atoms with van der Waals surface area (Å²) in [6.07, 6.45) is 1.69. The molecule has 0 amide bonds. The Hall–Kier alpha value is -7.82. The Morgan fingerprint density at radius 1 is 0.440 bits per heavy atom. The van der Waals surface area contributed by atoms with Crippen molar-refractivity contribution in [2.24, 2.45) is 0 Å². The Bertz CT molecular complexity index is 4490. The topological polar surface area (TPSA) is 50.9 Å². The van der Waals surface area contributed by atoms with Crippen molar-refractivity contribution < 1.29 is 33.9 Å². The molecular weight excluding hydrogens is 911 g/mol. The number of nitrogens with zero attached hydrogens (tertiary/aromatic N) is 3. The maximum absolute atomic E-state index is 13.2. The minimum atomic E-state index is -4.25. The number of aromatic hydroxyl groups is 1. The first kappa shape index (κ1) is 31.2. The number of benzene rings is 8. The van der Waals surface area contributed by atoms with Gasteiger partial charge in [0.2, 0.25) is 0 Å². The van der Waals surface area contributed by atoms with Gasteiger partial charge in [0.15, 0.2) is 0 Å². The van der Waals surface area contributed by atoms with Gasteiger partial charge >= 0.3 is 0 Å². The van der Waals surface area contributed by atoms with Crippen LogP contribution in [0.3, 0.4) is 0 Å². The van der Waals surface area contributed by atoms with Crippen molar-refractivity contribution in [3.05, 3.63) is 216 Å². The second kappa shape index (κ2) is 19.1. The minimum absolute atomic E-state index is 0.00328. The Balaban J connectivity index is 1.37. The molecule has 0 aliphatic heterocycles. The Morgan fingerprint density at radius 3 is 1.72 bits per heavy atom. The number of phenolic OH excluding ortho intramolecular Hbond substituents is 1. The first-order chi connectivity index (χ1) is 44.3. The average Bonchev–Trinajstić information content (AvgIpc) is 0.719. The molecule has 0 bridgehead atoms. The van der Waals surface area contributed by atoms with Gasteiger partial charge in [-0.25, -0.2) is 4.98 Å². The van der Waals surface area contributed by atoms with Gasteiger partial charge in [-0.15, -0.1) is 0 Å². The minimum Gasteiger partial charge on any atom is -0.507 e. The normalized spacial score (nSPS) is 17.7. The largest absolute Gasteiger partial charge is 0.507 e. The molecule has 0 spiro atoms. The van der Waals surface area contributed by atoms with Crippen LogP contribution in [-0.4, -0.2) is 19.6 Å². The number of aromatic nitrogens is 3. The van der Waals surface area contributed by atoms with Crippen LogP contribution < -0.4 is 0 Å². The smallest absolute Gasteiger partial charge is 0.149 e. The van der Waals surface area contributed by atoms with Gasteiger partial charge in [0.1, 0.15) is 11.6 Å². The van der Waals surface area contributed by atoms with Crippen molar-refractivity contribution in [3.63, 3.8) is 0 Å². The molecule has 0 saturated carbocycles. The highest BCUT2D eigenvalue weighted by Gasteiger charge is 2.30. The Labute approximate surface area is 475 Å². The van der Waals surface area contributed by atoms with Crippen molar-refractivity contribution in [2.75, 3.05) is 0 Å². The van der Waals surface area contributed by atoms with Gasteiger partial charge in [-0.1, -0.05) is 216 Å². The second-order valence-corrected chi connectivity index (χ2v) is 21.4. The van der Waals surface area contributed by atoms with Crippen LogP contribution in [0.1, 0.15) is 139 Å². The molecular formula is C71H71N3O. The van der Waals surface area contributed by atoms with Gasteiger partial charge in [-0.05, 0) is 149 Å². The van der Waals surface area contributed by atoms with E-state index in [4.69, 9.17) is 34.6 Å². The van der Waals surface area contributed by atoms with E-state index in [2.05, 4.69) is 0 Å². The molecule has 2 aromatic heterocycles. The van der Waals surface area contributed by atoms with E-state index >= 15 is 0 Å². The third-order valence-electron chi connectivity index (χ3n) is 13.8. The molecule has 0 aliphatic carbocycles. The Morgan fingerprint density at radius 2 is 1.05 bits per heavy atom. The summed E-state index contributed by atoms with van der Waals surface area (Å²) in [7, 11) is 0. The zero-order valence-corrected chi connectivity index (χ0v) is 42.7. The molecule has 0 unspecified atom stereocenters. The molecule has 0 saturated heterocycles. The molecule has 0 atom stereocenters. The lowest BCUT2D eigenvalue weighted by Gasteiger charge is -2.28. The number of fused-ring (bicyclic) bond motifs is 1. The summed E-state index contributed by atoms with van der Waals surface area (Å²) in [6, 6.07) is 53.1. The molecule has 75 heavy (non-hydrogen) atoms. The number of para-hydroxylation sites is 1. The van der Waals surface area contributed by atoms with Crippen molar-refractivity contribution >= 4 is 11.0 Å². The van der Waals surface area contributed by atoms with E-state index in [1.165, 1.54) is 22.8 Å². The molecule has 1 N–H and O–H groups in total. The number of imidazole rings is 1. The van der Waals surface area contributed by atoms with E-state index < -0.39 is 97.9 Å². The third kappa shape index (κ3) is 9.99. The summed E-state index contributed by atoms with van der Waals surface area (Å²) in [4.78, 5) is 10.0. The summed E-state index contributed by atoms with van der Waals surface area (Å²) in [5.41, 5.74) is -3.74. The van der Waals surface area contributed by atoms with E-state index in [0.717, 1.165) is 44.5 Å². The molecule has 4 heteroatoms. The van der Waals surface area contributed by atoms with Gasteiger partial charge in [0.05, 0.1) is 28.0 Å². The summed E-state index contributed by atoms with van der Waals surface area (Å²) in [6.45, 7) is -16.1. The summed E-state index contributed by atoms with van der Waals surface area (Å²) in [5.74, 6) is -2.14. The summed E-state index contributed by atoms with van der Waals surface area (Å²) in [5, 5.41) is 13.2. The quantitative estimate of drug-likeness (QED) is 0.165. The number of phenols is 1. The van der Waals surface area contributed by atoms with Crippen LogP contribution in [0.25, 0.3) is 95.0 Å². The van der Waals surface area contributed by atoms with E-state index in [1.807, 2.05) is 175 Å². The van der Waals surface area contributed by atoms with Crippen LogP contribution in [0.4, 0.5) is 0 Å². The fraction of sp³-hybridized carbons (Fsp3) is 0.239. The van der Waals surface area contributed by atoms with Gasteiger partial charge in [0.25, 0.3) is 0 Å². The maximum Gasteiger partial charge on any atom is 0.149 e. The van der Waals surface area contributed by atoms with Gasteiger partial charge in [0, 0.05) is 51.7 Å². The van der Waals surface area contributed by atoms with Crippen LogP contribution >= 0.6 is 0 Å². The SMILES string of the molecule is [2H]C([2H])([2H])c1cc(-c2c(-c3ccccc3)cccc2C(C)(C)C)ccc1-n1c(-c2cc(C(C([2H])([2H])[2H])(C([2H])([2H])[2H])C([2H])([2H])[2H])cc(C(C([2H])([2H])[2H])(C([2H])([2H])[2H])C([2H])([2H])[2H])c2O)nc2c(-c3cc(-c4cc(-c5ccc(-c6ccccc6)cc5)ccn4)cc(C(C)(C)C)c3)cccc21. The highest BCUT2D eigenvalue weighted by molar-refractivity contribution is 5.97. The highest BCUT2D eigenvalue weighted by atomic mass is 16.3. The van der Waals surface area contributed by atoms with Gasteiger partial charge in [-0.2, -0.15) is 0 Å². The number of hydrogen-bond acceptors (Lipinski definition) is 3. The lowest BCUT2D eigenvalue weighted by molar-refractivity contribution is 0.446. The third-order valence-corrected chi connectivity index (χ3v) is 13.8. The predicted octanol–water partition coefficient (Wildman–Crippen LogP) is 19.3. The van der Waals surface area contributed by atoms with Crippen LogP contribution in [-0.2, 0) is 21.7 Å². The predicted molar refractivity (Wildman–Crippen MR) is 318 cm³/mol. The Kier molecular flexibility index (Phi) is 7.95. The fourth-order valence-electron chi connectivity index (χ4n) is 9.91. The number of rotatable bonds is 8.